The van der Waals surface area contributed by atoms with Gasteiger partial charge in [-0.15, -0.1) is 0 Å². The number of ether oxygens (including phenoxy) is 1. The van der Waals surface area contributed by atoms with E-state index in [-0.39, 0.29) is 12.4 Å². The molecule has 0 heterocycles. The third kappa shape index (κ3) is 15.0. The smallest absolute Gasteiger partial charge is 0.311 e. The summed E-state index contributed by atoms with van der Waals surface area (Å²) in [5, 5.41) is 20.6. The normalized spacial score (nSPS) is 14.7. The third-order valence-corrected chi connectivity index (χ3v) is 5.49. The van der Waals surface area contributed by atoms with Gasteiger partial charge in [0.25, 0.3) is 0 Å². The minimum atomic E-state index is -0.812. The van der Waals surface area contributed by atoms with Gasteiger partial charge in [-0.2, -0.15) is 0 Å². The van der Waals surface area contributed by atoms with Gasteiger partial charge in [0.2, 0.25) is 0 Å². The molecule has 0 saturated heterocycles. The van der Waals surface area contributed by atoms with Crippen molar-refractivity contribution in [3.63, 3.8) is 0 Å². The quantitative estimate of drug-likeness (QED) is 0.218. The second-order valence-electron chi connectivity index (χ2n) is 8.05. The van der Waals surface area contributed by atoms with Gasteiger partial charge in [-0.25, -0.2) is 0 Å². The fourth-order valence-corrected chi connectivity index (χ4v) is 3.66. The van der Waals surface area contributed by atoms with Crippen LogP contribution in [0.4, 0.5) is 0 Å². The first kappa shape index (κ1) is 26.4. The Hall–Kier alpha value is -0.610. The van der Waals surface area contributed by atoms with Gasteiger partial charge in [-0.1, -0.05) is 97.3 Å². The summed E-state index contributed by atoms with van der Waals surface area (Å²) in [7, 11) is 1.37. The Kier molecular flexibility index (Phi) is 18.3. The highest BCUT2D eigenvalue weighted by Crippen LogP contribution is 2.21. The summed E-state index contributed by atoms with van der Waals surface area (Å²) in [5.41, 5.74) is 0. The molecule has 1 unspecified atom stereocenters. The zero-order valence-electron chi connectivity index (χ0n) is 18.3. The molecule has 0 aliphatic carbocycles. The summed E-state index contributed by atoms with van der Waals surface area (Å²) in [5.74, 6) is -0.862. The number of aliphatic hydroxyl groups excluding tert-OH is 2. The lowest BCUT2D eigenvalue weighted by Gasteiger charge is -2.23. The maximum atomic E-state index is 12.0. The summed E-state index contributed by atoms with van der Waals surface area (Å²) in [6.45, 7) is 4.39. The van der Waals surface area contributed by atoms with Crippen molar-refractivity contribution < 1.29 is 19.7 Å². The molecule has 0 aliphatic heterocycles. The van der Waals surface area contributed by atoms with Gasteiger partial charge in [0.1, 0.15) is 0 Å². The summed E-state index contributed by atoms with van der Waals surface area (Å²) >= 11 is 0. The van der Waals surface area contributed by atoms with Gasteiger partial charge in [-0.05, 0) is 12.8 Å². The van der Waals surface area contributed by atoms with E-state index in [9.17, 15) is 15.0 Å². The molecule has 27 heavy (non-hydrogen) atoms. The molecular formula is C23H46O4. The molecule has 0 aromatic heterocycles. The number of carbonyl (C=O) groups is 1. The van der Waals surface area contributed by atoms with Gasteiger partial charge >= 0.3 is 5.97 Å². The van der Waals surface area contributed by atoms with E-state index < -0.39 is 18.1 Å². The van der Waals surface area contributed by atoms with Crippen molar-refractivity contribution >= 4 is 5.97 Å². The van der Waals surface area contributed by atoms with Gasteiger partial charge in [0.15, 0.2) is 0 Å². The van der Waals surface area contributed by atoms with Gasteiger partial charge < -0.3 is 14.9 Å². The molecular weight excluding hydrogens is 340 g/mol. The average Bonchev–Trinajstić information content (AvgIpc) is 2.66. The Morgan fingerprint density at radius 1 is 0.741 bits per heavy atom. The van der Waals surface area contributed by atoms with Crippen molar-refractivity contribution in [3.05, 3.63) is 0 Å². The predicted octanol–water partition coefficient (Wildman–Crippen LogP) is 5.78. The number of esters is 1. The predicted molar refractivity (Wildman–Crippen MR) is 113 cm³/mol. The summed E-state index contributed by atoms with van der Waals surface area (Å²) in [6, 6.07) is 0. The van der Waals surface area contributed by atoms with E-state index in [1.807, 2.05) is 0 Å². The molecule has 2 N–H and O–H groups in total. The van der Waals surface area contributed by atoms with Crippen molar-refractivity contribution in [1.82, 2.24) is 0 Å². The van der Waals surface area contributed by atoms with Crippen molar-refractivity contribution in [2.75, 3.05) is 7.11 Å². The Morgan fingerprint density at radius 3 is 1.70 bits per heavy atom. The van der Waals surface area contributed by atoms with Gasteiger partial charge in [-0.3, -0.25) is 4.79 Å². The summed E-state index contributed by atoms with van der Waals surface area (Å²) in [6.07, 6.45) is 15.8. The van der Waals surface area contributed by atoms with E-state index in [4.69, 9.17) is 4.74 Å². The van der Waals surface area contributed by atoms with Crippen molar-refractivity contribution in [3.8, 4) is 0 Å². The first-order valence-electron chi connectivity index (χ1n) is 11.5. The highest BCUT2D eigenvalue weighted by molar-refractivity contribution is 5.72. The second-order valence-corrected chi connectivity index (χ2v) is 8.05. The topological polar surface area (TPSA) is 66.8 Å². The number of unbranched alkanes of at least 4 members (excludes halogenated alkanes) is 11. The van der Waals surface area contributed by atoms with Crippen LogP contribution in [-0.4, -0.2) is 35.5 Å². The van der Waals surface area contributed by atoms with Crippen LogP contribution < -0.4 is 0 Å². The minimum Gasteiger partial charge on any atom is -0.469 e. The van der Waals surface area contributed by atoms with Crippen LogP contribution in [-0.2, 0) is 9.53 Å². The fraction of sp³-hybridized carbons (Fsp3) is 0.957. The third-order valence-electron chi connectivity index (χ3n) is 5.49. The minimum absolute atomic E-state index is 0.268. The molecule has 0 amide bonds. The molecule has 0 radical (unpaired) electrons. The Balaban J connectivity index is 3.92. The molecule has 4 nitrogen and oxygen atoms in total. The zero-order chi connectivity index (χ0) is 20.3. The van der Waals surface area contributed by atoms with E-state index in [2.05, 4.69) is 13.8 Å². The number of rotatable bonds is 19. The van der Waals surface area contributed by atoms with E-state index in [0.717, 1.165) is 38.5 Å². The lowest BCUT2D eigenvalue weighted by Crippen LogP contribution is -2.32. The molecule has 0 bridgehead atoms. The van der Waals surface area contributed by atoms with Crippen LogP contribution in [0.2, 0.25) is 0 Å². The lowest BCUT2D eigenvalue weighted by atomic mass is 9.90. The van der Waals surface area contributed by atoms with Crippen molar-refractivity contribution in [2.45, 2.75) is 129 Å². The SMILES string of the molecule is CCCCCCCCCCC[C@@H](O)C[C@H](O)C(CCCCCC)C(=O)OC. The van der Waals surface area contributed by atoms with Gasteiger partial charge in [0, 0.05) is 6.42 Å². The molecule has 0 aliphatic rings. The molecule has 0 fully saturated rings. The molecule has 0 saturated carbocycles. The van der Waals surface area contributed by atoms with Crippen LogP contribution in [0.15, 0.2) is 0 Å². The Morgan fingerprint density at radius 2 is 1.19 bits per heavy atom. The number of hydrogen-bond donors (Lipinski definition) is 2. The molecule has 162 valence electrons. The molecule has 0 aromatic carbocycles. The second kappa shape index (κ2) is 18.7. The highest BCUT2D eigenvalue weighted by atomic mass is 16.5. The number of hydrogen-bond acceptors (Lipinski definition) is 4. The van der Waals surface area contributed by atoms with Crippen LogP contribution >= 0.6 is 0 Å². The molecule has 0 rings (SSSR count). The zero-order valence-corrected chi connectivity index (χ0v) is 18.3. The van der Waals surface area contributed by atoms with Gasteiger partial charge in [0.05, 0.1) is 25.2 Å². The molecule has 0 aromatic rings. The first-order valence-corrected chi connectivity index (χ1v) is 11.5. The summed E-state index contributed by atoms with van der Waals surface area (Å²) < 4.78 is 4.85. The van der Waals surface area contributed by atoms with Crippen molar-refractivity contribution in [1.29, 1.82) is 0 Å². The van der Waals surface area contributed by atoms with E-state index >= 15 is 0 Å². The lowest BCUT2D eigenvalue weighted by molar-refractivity contribution is -0.150. The maximum absolute atomic E-state index is 12.0. The number of aliphatic hydroxyl groups is 2. The average molecular weight is 387 g/mol. The van der Waals surface area contributed by atoms with Crippen LogP contribution in [0.25, 0.3) is 0 Å². The Bertz CT molecular complexity index is 332. The van der Waals surface area contributed by atoms with E-state index in [1.165, 1.54) is 52.1 Å². The van der Waals surface area contributed by atoms with Crippen molar-refractivity contribution in [2.24, 2.45) is 5.92 Å². The molecule has 3 atom stereocenters. The Labute approximate surface area is 168 Å². The molecule has 4 heteroatoms. The molecule has 0 spiro atoms. The van der Waals surface area contributed by atoms with Crippen LogP contribution in [0.5, 0.6) is 0 Å². The monoisotopic (exact) mass is 386 g/mol. The largest absolute Gasteiger partial charge is 0.469 e. The standard InChI is InChI=1S/C23H46O4/c1-4-6-8-10-11-12-13-14-15-17-20(24)19-22(25)21(23(26)27-3)18-16-9-7-5-2/h20-22,24-25H,4-19H2,1-3H3/t20-,21?,22+/m1/s1. The van der Waals surface area contributed by atoms with E-state index in [0.29, 0.717) is 12.8 Å². The first-order chi connectivity index (χ1) is 13.1. The van der Waals surface area contributed by atoms with Crippen LogP contribution in [0.3, 0.4) is 0 Å². The highest BCUT2D eigenvalue weighted by Gasteiger charge is 2.28. The maximum Gasteiger partial charge on any atom is 0.311 e. The fourth-order valence-electron chi connectivity index (χ4n) is 3.66. The number of methoxy groups -OCH3 is 1. The number of carbonyl (C=O) groups excluding carboxylic acids is 1. The van der Waals surface area contributed by atoms with Crippen LogP contribution in [0.1, 0.15) is 117 Å². The van der Waals surface area contributed by atoms with Crippen LogP contribution in [0, 0.1) is 5.92 Å². The van der Waals surface area contributed by atoms with E-state index in [1.54, 1.807) is 0 Å². The summed E-state index contributed by atoms with van der Waals surface area (Å²) in [4.78, 5) is 12.0.